The fourth-order valence-corrected chi connectivity index (χ4v) is 3.69. The van der Waals surface area contributed by atoms with Crippen molar-refractivity contribution in [2.75, 3.05) is 6.54 Å². The molecule has 5 heteroatoms. The Bertz CT molecular complexity index is 535. The molecule has 0 bridgehead atoms. The van der Waals surface area contributed by atoms with E-state index < -0.39 is 0 Å². The van der Waals surface area contributed by atoms with Crippen LogP contribution in [0, 0.1) is 5.92 Å². The third-order valence-corrected chi connectivity index (χ3v) is 4.65. The van der Waals surface area contributed by atoms with E-state index in [2.05, 4.69) is 46.4 Å². The van der Waals surface area contributed by atoms with Crippen LogP contribution in [-0.4, -0.2) is 21.6 Å². The quantitative estimate of drug-likeness (QED) is 0.843. The largest absolute Gasteiger partial charge is 0.338 e. The Balaban J connectivity index is 1.66. The predicted molar refractivity (Wildman–Crippen MR) is 79.5 cm³/mol. The van der Waals surface area contributed by atoms with E-state index in [0.29, 0.717) is 12.0 Å². The van der Waals surface area contributed by atoms with Gasteiger partial charge in [0.05, 0.1) is 6.54 Å². The Morgan fingerprint density at radius 1 is 1.50 bits per heavy atom. The Morgan fingerprint density at radius 3 is 3.15 bits per heavy atom. The lowest BCUT2D eigenvalue weighted by Crippen LogP contribution is -2.22. The molecule has 1 aliphatic rings. The van der Waals surface area contributed by atoms with Gasteiger partial charge in [-0.2, -0.15) is 4.98 Å². The van der Waals surface area contributed by atoms with Gasteiger partial charge in [-0.25, -0.2) is 0 Å². The number of nitrogens with zero attached hydrogens (tertiary/aromatic N) is 3. The molecule has 3 rings (SSSR count). The van der Waals surface area contributed by atoms with Gasteiger partial charge in [0.2, 0.25) is 5.89 Å². The topological polar surface area (TPSA) is 42.2 Å². The molecule has 1 fully saturated rings. The highest BCUT2D eigenvalue weighted by Crippen LogP contribution is 2.35. The second kappa shape index (κ2) is 6.06. The summed E-state index contributed by atoms with van der Waals surface area (Å²) in [6, 6.07) is 4.88. The van der Waals surface area contributed by atoms with Crippen LogP contribution in [0.15, 0.2) is 22.0 Å². The standard InChI is InChI=1S/C15H21N3OS/c1-11(2)9-14-16-15(19-17-14)10-18-7-3-5-12(18)13-6-4-8-20-13/h4,6,8,11-12H,3,5,7,9-10H2,1-2H3/t12-/m0/s1. The Morgan fingerprint density at radius 2 is 2.40 bits per heavy atom. The fourth-order valence-electron chi connectivity index (χ4n) is 2.79. The average Bonchev–Trinajstić information content (AvgIpc) is 3.10. The zero-order valence-electron chi connectivity index (χ0n) is 12.1. The molecule has 0 unspecified atom stereocenters. The number of hydrogen-bond donors (Lipinski definition) is 0. The number of hydrogen-bond acceptors (Lipinski definition) is 5. The first-order valence-electron chi connectivity index (χ1n) is 7.31. The zero-order valence-corrected chi connectivity index (χ0v) is 12.9. The molecule has 108 valence electrons. The van der Waals surface area contributed by atoms with Crippen molar-refractivity contribution in [1.29, 1.82) is 0 Å². The lowest BCUT2D eigenvalue weighted by atomic mass is 10.1. The fraction of sp³-hybridized carbons (Fsp3) is 0.600. The van der Waals surface area contributed by atoms with E-state index in [1.54, 1.807) is 0 Å². The van der Waals surface area contributed by atoms with Crippen LogP contribution in [-0.2, 0) is 13.0 Å². The molecule has 1 aliphatic heterocycles. The molecule has 0 spiro atoms. The van der Waals surface area contributed by atoms with Crippen molar-refractivity contribution < 1.29 is 4.52 Å². The molecule has 1 atom stereocenters. The first kappa shape index (κ1) is 13.8. The summed E-state index contributed by atoms with van der Waals surface area (Å²) < 4.78 is 5.39. The molecule has 0 radical (unpaired) electrons. The van der Waals surface area contributed by atoms with Gasteiger partial charge in [0, 0.05) is 17.3 Å². The minimum absolute atomic E-state index is 0.524. The zero-order chi connectivity index (χ0) is 13.9. The molecular formula is C15H21N3OS. The van der Waals surface area contributed by atoms with Crippen molar-refractivity contribution in [2.45, 2.75) is 45.7 Å². The second-order valence-corrected chi connectivity index (χ2v) is 6.83. The molecule has 1 saturated heterocycles. The molecule has 0 saturated carbocycles. The molecule has 0 aromatic carbocycles. The Labute approximate surface area is 123 Å². The van der Waals surface area contributed by atoms with E-state index in [-0.39, 0.29) is 0 Å². The second-order valence-electron chi connectivity index (χ2n) is 5.85. The van der Waals surface area contributed by atoms with Crippen LogP contribution in [0.5, 0.6) is 0 Å². The normalized spacial score (nSPS) is 20.1. The monoisotopic (exact) mass is 291 g/mol. The predicted octanol–water partition coefficient (Wildman–Crippen LogP) is 3.67. The molecule has 2 aromatic rings. The summed E-state index contributed by atoms with van der Waals surface area (Å²) in [5, 5.41) is 6.23. The highest BCUT2D eigenvalue weighted by Gasteiger charge is 2.28. The average molecular weight is 291 g/mol. The van der Waals surface area contributed by atoms with Gasteiger partial charge < -0.3 is 4.52 Å². The van der Waals surface area contributed by atoms with E-state index >= 15 is 0 Å². The van der Waals surface area contributed by atoms with Gasteiger partial charge in [0.1, 0.15) is 0 Å². The van der Waals surface area contributed by atoms with Gasteiger partial charge >= 0.3 is 0 Å². The van der Waals surface area contributed by atoms with Gasteiger partial charge in [0.15, 0.2) is 5.82 Å². The van der Waals surface area contributed by atoms with E-state index in [0.717, 1.165) is 31.2 Å². The summed E-state index contributed by atoms with van der Waals surface area (Å²) in [4.78, 5) is 8.42. The molecule has 4 nitrogen and oxygen atoms in total. The smallest absolute Gasteiger partial charge is 0.240 e. The van der Waals surface area contributed by atoms with Crippen LogP contribution in [0.2, 0.25) is 0 Å². The maximum Gasteiger partial charge on any atom is 0.240 e. The number of rotatable bonds is 5. The van der Waals surface area contributed by atoms with Gasteiger partial charge in [-0.15, -0.1) is 11.3 Å². The molecule has 0 aliphatic carbocycles. The van der Waals surface area contributed by atoms with Crippen LogP contribution >= 0.6 is 11.3 Å². The number of likely N-dealkylation sites (tertiary alicyclic amines) is 1. The third-order valence-electron chi connectivity index (χ3n) is 3.67. The van der Waals surface area contributed by atoms with Crippen LogP contribution < -0.4 is 0 Å². The van der Waals surface area contributed by atoms with Gasteiger partial charge in [-0.3, -0.25) is 4.90 Å². The molecule has 3 heterocycles. The number of aromatic nitrogens is 2. The molecular weight excluding hydrogens is 270 g/mol. The van der Waals surface area contributed by atoms with Gasteiger partial charge in [-0.1, -0.05) is 25.1 Å². The highest BCUT2D eigenvalue weighted by atomic mass is 32.1. The lowest BCUT2D eigenvalue weighted by molar-refractivity contribution is 0.214. The first-order valence-corrected chi connectivity index (χ1v) is 8.19. The van der Waals surface area contributed by atoms with Gasteiger partial charge in [-0.05, 0) is 36.8 Å². The van der Waals surface area contributed by atoms with Crippen molar-refractivity contribution in [3.8, 4) is 0 Å². The minimum atomic E-state index is 0.524. The Kier molecular flexibility index (Phi) is 4.17. The number of thiophene rings is 1. The molecule has 0 N–H and O–H groups in total. The van der Waals surface area contributed by atoms with Crippen LogP contribution in [0.4, 0.5) is 0 Å². The summed E-state index contributed by atoms with van der Waals surface area (Å²) in [5.74, 6) is 2.15. The van der Waals surface area contributed by atoms with E-state index in [9.17, 15) is 0 Å². The van der Waals surface area contributed by atoms with Crippen LogP contribution in [0.1, 0.15) is 49.3 Å². The summed E-state index contributed by atoms with van der Waals surface area (Å²) in [6.07, 6.45) is 3.36. The van der Waals surface area contributed by atoms with Crippen molar-refractivity contribution >= 4 is 11.3 Å². The molecule has 2 aromatic heterocycles. The van der Waals surface area contributed by atoms with E-state index in [4.69, 9.17) is 4.52 Å². The highest BCUT2D eigenvalue weighted by molar-refractivity contribution is 7.10. The van der Waals surface area contributed by atoms with Crippen molar-refractivity contribution in [3.05, 3.63) is 34.1 Å². The van der Waals surface area contributed by atoms with Crippen molar-refractivity contribution in [1.82, 2.24) is 15.0 Å². The summed E-state index contributed by atoms with van der Waals surface area (Å²) in [5.41, 5.74) is 0. The maximum absolute atomic E-state index is 5.39. The maximum atomic E-state index is 5.39. The van der Waals surface area contributed by atoms with E-state index in [1.807, 2.05) is 11.3 Å². The first-order chi connectivity index (χ1) is 9.72. The molecule has 0 amide bonds. The minimum Gasteiger partial charge on any atom is -0.338 e. The Hall–Kier alpha value is -1.20. The van der Waals surface area contributed by atoms with Crippen LogP contribution in [0.25, 0.3) is 0 Å². The molecule has 20 heavy (non-hydrogen) atoms. The van der Waals surface area contributed by atoms with Crippen molar-refractivity contribution in [3.63, 3.8) is 0 Å². The summed E-state index contributed by atoms with van der Waals surface area (Å²) in [7, 11) is 0. The summed E-state index contributed by atoms with van der Waals surface area (Å²) >= 11 is 1.84. The van der Waals surface area contributed by atoms with Crippen LogP contribution in [0.3, 0.4) is 0 Å². The SMILES string of the molecule is CC(C)Cc1noc(CN2CCC[C@H]2c2cccs2)n1. The van der Waals surface area contributed by atoms with E-state index in [1.165, 1.54) is 17.7 Å². The van der Waals surface area contributed by atoms with Gasteiger partial charge in [0.25, 0.3) is 0 Å². The van der Waals surface area contributed by atoms with Crippen molar-refractivity contribution in [2.24, 2.45) is 5.92 Å². The third kappa shape index (κ3) is 3.10. The summed E-state index contributed by atoms with van der Waals surface area (Å²) in [6.45, 7) is 6.23. The lowest BCUT2D eigenvalue weighted by Gasteiger charge is -2.21.